The van der Waals surface area contributed by atoms with Crippen molar-refractivity contribution in [3.05, 3.63) is 50.7 Å². The Labute approximate surface area is 143 Å². The molecular weight excluding hydrogens is 334 g/mol. The van der Waals surface area contributed by atoms with Gasteiger partial charge in [-0.25, -0.2) is 0 Å². The van der Waals surface area contributed by atoms with Crippen molar-refractivity contribution in [1.29, 1.82) is 0 Å². The van der Waals surface area contributed by atoms with Crippen LogP contribution in [0.5, 0.6) is 5.75 Å². The van der Waals surface area contributed by atoms with Gasteiger partial charge in [0.05, 0.1) is 12.1 Å². The van der Waals surface area contributed by atoms with E-state index in [9.17, 15) is 9.59 Å². The van der Waals surface area contributed by atoms with Gasteiger partial charge in [-0.2, -0.15) is 0 Å². The number of rotatable bonds is 5. The molecule has 120 valence electrons. The van der Waals surface area contributed by atoms with Crippen LogP contribution >= 0.6 is 22.9 Å². The number of fused-ring (bicyclic) bond motifs is 1. The summed E-state index contributed by atoms with van der Waals surface area (Å²) in [7, 11) is 0. The van der Waals surface area contributed by atoms with Crippen LogP contribution in [-0.4, -0.2) is 18.3 Å². The Hall–Kier alpha value is -1.85. The smallest absolute Gasteiger partial charge is 0.258 e. The SMILES string of the molecule is C[C@@H]1CC(=O)c2c(OCC(=O)NCc3cccs3)ccc(Cl)c21. The fourth-order valence-electron chi connectivity index (χ4n) is 2.74. The molecule has 0 fully saturated rings. The number of benzene rings is 1. The van der Waals surface area contributed by atoms with E-state index in [1.165, 1.54) is 0 Å². The molecule has 3 rings (SSSR count). The highest BCUT2D eigenvalue weighted by Crippen LogP contribution is 2.42. The van der Waals surface area contributed by atoms with Crippen molar-refractivity contribution in [3.8, 4) is 5.75 Å². The van der Waals surface area contributed by atoms with Crippen LogP contribution in [0.1, 0.15) is 40.1 Å². The lowest BCUT2D eigenvalue weighted by Crippen LogP contribution is -2.28. The molecule has 0 radical (unpaired) electrons. The van der Waals surface area contributed by atoms with E-state index in [2.05, 4.69) is 5.32 Å². The van der Waals surface area contributed by atoms with E-state index in [-0.39, 0.29) is 24.2 Å². The molecule has 2 aromatic rings. The maximum absolute atomic E-state index is 12.1. The van der Waals surface area contributed by atoms with Crippen molar-refractivity contribution in [1.82, 2.24) is 5.32 Å². The predicted molar refractivity (Wildman–Crippen MR) is 90.5 cm³/mol. The first-order valence-electron chi connectivity index (χ1n) is 7.33. The quantitative estimate of drug-likeness (QED) is 0.893. The number of carbonyl (C=O) groups is 2. The molecule has 0 saturated heterocycles. The molecule has 1 atom stereocenters. The molecule has 4 nitrogen and oxygen atoms in total. The third-order valence-electron chi connectivity index (χ3n) is 3.82. The highest BCUT2D eigenvalue weighted by molar-refractivity contribution is 7.09. The third-order valence-corrected chi connectivity index (χ3v) is 5.02. The summed E-state index contributed by atoms with van der Waals surface area (Å²) in [6.45, 7) is 2.32. The molecule has 0 bridgehead atoms. The minimum atomic E-state index is -0.222. The fraction of sp³-hybridized carbons (Fsp3) is 0.294. The zero-order valence-electron chi connectivity index (χ0n) is 12.6. The van der Waals surface area contributed by atoms with E-state index in [0.717, 1.165) is 10.4 Å². The summed E-state index contributed by atoms with van der Waals surface area (Å²) in [5.74, 6) is 0.316. The second-order valence-corrected chi connectivity index (χ2v) is 6.95. The Kier molecular flexibility index (Phi) is 4.68. The predicted octanol–water partition coefficient (Wildman–Crippen LogP) is 3.79. The molecule has 23 heavy (non-hydrogen) atoms. The van der Waals surface area contributed by atoms with Gasteiger partial charge in [0.2, 0.25) is 0 Å². The summed E-state index contributed by atoms with van der Waals surface area (Å²) in [4.78, 5) is 25.1. The number of ether oxygens (including phenoxy) is 1. The molecule has 0 spiro atoms. The maximum Gasteiger partial charge on any atom is 0.258 e. The monoisotopic (exact) mass is 349 g/mol. The van der Waals surface area contributed by atoms with E-state index in [1.54, 1.807) is 23.5 Å². The van der Waals surface area contributed by atoms with E-state index in [1.807, 2.05) is 24.4 Å². The van der Waals surface area contributed by atoms with Gasteiger partial charge in [0, 0.05) is 16.3 Å². The molecular formula is C17H16ClNO3S. The Morgan fingerprint density at radius 2 is 2.26 bits per heavy atom. The molecule has 0 saturated carbocycles. The van der Waals surface area contributed by atoms with Gasteiger partial charge < -0.3 is 10.1 Å². The molecule has 0 unspecified atom stereocenters. The normalized spacial score (nSPS) is 16.3. The lowest BCUT2D eigenvalue weighted by Gasteiger charge is -2.12. The van der Waals surface area contributed by atoms with Crippen LogP contribution < -0.4 is 10.1 Å². The largest absolute Gasteiger partial charge is 0.483 e. The van der Waals surface area contributed by atoms with E-state index in [4.69, 9.17) is 16.3 Å². The van der Waals surface area contributed by atoms with E-state index < -0.39 is 0 Å². The number of halogens is 1. The number of thiophene rings is 1. The Morgan fingerprint density at radius 1 is 1.43 bits per heavy atom. The molecule has 1 aliphatic rings. The van der Waals surface area contributed by atoms with Gasteiger partial charge in [-0.15, -0.1) is 11.3 Å². The summed E-state index contributed by atoms with van der Waals surface area (Å²) >= 11 is 7.77. The summed E-state index contributed by atoms with van der Waals surface area (Å²) in [5.41, 5.74) is 1.35. The van der Waals surface area contributed by atoms with Gasteiger partial charge in [0.1, 0.15) is 5.75 Å². The molecule has 1 aromatic heterocycles. The number of nitrogens with one attached hydrogen (secondary N) is 1. The molecule has 1 aromatic carbocycles. The van der Waals surface area contributed by atoms with Crippen LogP contribution in [-0.2, 0) is 11.3 Å². The number of hydrogen-bond donors (Lipinski definition) is 1. The van der Waals surface area contributed by atoms with Crippen molar-refractivity contribution in [2.45, 2.75) is 25.8 Å². The van der Waals surface area contributed by atoms with Crippen molar-refractivity contribution in [3.63, 3.8) is 0 Å². The van der Waals surface area contributed by atoms with E-state index in [0.29, 0.717) is 29.3 Å². The first-order chi connectivity index (χ1) is 11.1. The van der Waals surface area contributed by atoms with Crippen LogP contribution in [0.15, 0.2) is 29.6 Å². The van der Waals surface area contributed by atoms with E-state index >= 15 is 0 Å². The number of amides is 1. The summed E-state index contributed by atoms with van der Waals surface area (Å²) < 4.78 is 5.57. The van der Waals surface area contributed by atoms with Crippen LogP contribution in [0.4, 0.5) is 0 Å². The van der Waals surface area contributed by atoms with Gasteiger partial charge in [0.25, 0.3) is 5.91 Å². The second-order valence-electron chi connectivity index (χ2n) is 5.51. The third kappa shape index (κ3) is 3.41. The summed E-state index contributed by atoms with van der Waals surface area (Å²) in [5, 5.41) is 5.33. The lowest BCUT2D eigenvalue weighted by atomic mass is 10.0. The molecule has 1 amide bonds. The topological polar surface area (TPSA) is 55.4 Å². The fourth-order valence-corrected chi connectivity index (χ4v) is 3.73. The zero-order chi connectivity index (χ0) is 16.4. The maximum atomic E-state index is 12.1. The number of Topliss-reactive ketones (excluding diaryl/α,β-unsaturated/α-hetero) is 1. The highest BCUT2D eigenvalue weighted by Gasteiger charge is 2.31. The van der Waals surface area contributed by atoms with Crippen molar-refractivity contribution in [2.24, 2.45) is 0 Å². The Morgan fingerprint density at radius 3 is 3.00 bits per heavy atom. The molecule has 1 N–H and O–H groups in total. The lowest BCUT2D eigenvalue weighted by molar-refractivity contribution is -0.123. The number of ketones is 1. The summed E-state index contributed by atoms with van der Waals surface area (Å²) in [6, 6.07) is 7.27. The van der Waals surface area contributed by atoms with Gasteiger partial charge in [-0.05, 0) is 35.1 Å². The van der Waals surface area contributed by atoms with Gasteiger partial charge >= 0.3 is 0 Å². The van der Waals surface area contributed by atoms with Gasteiger partial charge in [0.15, 0.2) is 12.4 Å². The van der Waals surface area contributed by atoms with Crippen LogP contribution in [0.2, 0.25) is 5.02 Å². The average molecular weight is 350 g/mol. The van der Waals surface area contributed by atoms with Gasteiger partial charge in [-0.1, -0.05) is 24.6 Å². The van der Waals surface area contributed by atoms with Crippen LogP contribution in [0.3, 0.4) is 0 Å². The number of hydrogen-bond acceptors (Lipinski definition) is 4. The van der Waals surface area contributed by atoms with Gasteiger partial charge in [-0.3, -0.25) is 9.59 Å². The second kappa shape index (κ2) is 6.72. The van der Waals surface area contributed by atoms with Crippen LogP contribution in [0, 0.1) is 0 Å². The first kappa shape index (κ1) is 16.0. The molecule has 1 heterocycles. The number of carbonyl (C=O) groups excluding carboxylic acids is 2. The van der Waals surface area contributed by atoms with Crippen molar-refractivity contribution in [2.75, 3.05) is 6.61 Å². The zero-order valence-corrected chi connectivity index (χ0v) is 14.2. The van der Waals surface area contributed by atoms with Crippen molar-refractivity contribution < 1.29 is 14.3 Å². The van der Waals surface area contributed by atoms with Crippen molar-refractivity contribution >= 4 is 34.6 Å². The standard InChI is InChI=1S/C17H16ClNO3S/c1-10-7-13(20)17-14(5-4-12(18)16(10)17)22-9-15(21)19-8-11-3-2-6-23-11/h2-6,10H,7-9H2,1H3,(H,19,21)/t10-/m1/s1. The molecule has 1 aliphatic carbocycles. The molecule has 0 aliphatic heterocycles. The van der Waals surface area contributed by atoms with Crippen LogP contribution in [0.25, 0.3) is 0 Å². The summed E-state index contributed by atoms with van der Waals surface area (Å²) in [6.07, 6.45) is 0.431. The Balaban J connectivity index is 1.65. The first-order valence-corrected chi connectivity index (χ1v) is 8.59. The molecule has 6 heteroatoms. The average Bonchev–Trinajstić information content (AvgIpc) is 3.13. The minimum Gasteiger partial charge on any atom is -0.483 e. The highest BCUT2D eigenvalue weighted by atomic mass is 35.5. The Bertz CT molecular complexity index is 743. The minimum absolute atomic E-state index is 0.0176.